The minimum atomic E-state index is -0.482. The molecule has 2 aromatic rings. The van der Waals surface area contributed by atoms with Crippen LogP contribution in [0.2, 0.25) is 0 Å². The molecule has 0 aliphatic carbocycles. The molecular weight excluding hydrogens is 332 g/mol. The number of nitrogens with one attached hydrogen (secondary N) is 1. The van der Waals surface area contributed by atoms with Crippen molar-refractivity contribution in [1.29, 1.82) is 0 Å². The van der Waals surface area contributed by atoms with Crippen molar-refractivity contribution in [1.82, 2.24) is 0 Å². The average molecular weight is 350 g/mol. The smallest absolute Gasteiger partial charge is 0.282 e. The molecule has 26 heavy (non-hydrogen) atoms. The van der Waals surface area contributed by atoms with E-state index in [0.717, 1.165) is 17.7 Å². The standard InChI is InChI=1S/C19H18N4O3/c1-3-14-6-4-5-7-18(14)20-12-17-13(2)21-22(19(17)24)15-8-10-16(11-9-15)23(25)26/h4-12,20H,3H2,1-2H3/b17-12-. The van der Waals surface area contributed by atoms with Gasteiger partial charge < -0.3 is 5.32 Å². The van der Waals surface area contributed by atoms with Gasteiger partial charge in [-0.05, 0) is 37.1 Å². The van der Waals surface area contributed by atoms with Crippen LogP contribution in [0.3, 0.4) is 0 Å². The first-order valence-electron chi connectivity index (χ1n) is 8.20. The summed E-state index contributed by atoms with van der Waals surface area (Å²) < 4.78 is 0. The summed E-state index contributed by atoms with van der Waals surface area (Å²) in [5.74, 6) is -0.280. The first-order valence-corrected chi connectivity index (χ1v) is 8.20. The lowest BCUT2D eigenvalue weighted by Gasteiger charge is -2.11. The molecule has 0 unspecified atom stereocenters. The lowest BCUT2D eigenvalue weighted by Crippen LogP contribution is -2.21. The third-order valence-electron chi connectivity index (χ3n) is 4.14. The highest BCUT2D eigenvalue weighted by Crippen LogP contribution is 2.26. The number of benzene rings is 2. The Morgan fingerprint density at radius 2 is 1.88 bits per heavy atom. The number of para-hydroxylation sites is 1. The highest BCUT2D eigenvalue weighted by molar-refractivity contribution is 6.29. The zero-order valence-electron chi connectivity index (χ0n) is 14.5. The number of hydrazone groups is 1. The Hall–Kier alpha value is -3.48. The van der Waals surface area contributed by atoms with Crippen LogP contribution in [-0.2, 0) is 11.2 Å². The molecule has 132 valence electrons. The second kappa shape index (κ2) is 7.18. The summed E-state index contributed by atoms with van der Waals surface area (Å²) >= 11 is 0. The summed E-state index contributed by atoms with van der Waals surface area (Å²) in [6.07, 6.45) is 2.53. The fourth-order valence-corrected chi connectivity index (χ4v) is 2.69. The minimum absolute atomic E-state index is 0.0327. The topological polar surface area (TPSA) is 87.8 Å². The van der Waals surface area contributed by atoms with Crippen molar-refractivity contribution in [2.75, 3.05) is 10.3 Å². The van der Waals surface area contributed by atoms with Crippen molar-refractivity contribution < 1.29 is 9.72 Å². The third kappa shape index (κ3) is 3.32. The van der Waals surface area contributed by atoms with E-state index in [9.17, 15) is 14.9 Å². The molecule has 3 rings (SSSR count). The van der Waals surface area contributed by atoms with Gasteiger partial charge in [0.1, 0.15) is 0 Å². The van der Waals surface area contributed by atoms with Gasteiger partial charge in [0.25, 0.3) is 11.6 Å². The molecule has 0 fully saturated rings. The monoisotopic (exact) mass is 350 g/mol. The lowest BCUT2D eigenvalue weighted by molar-refractivity contribution is -0.384. The van der Waals surface area contributed by atoms with Crippen molar-refractivity contribution >= 4 is 28.7 Å². The number of carbonyl (C=O) groups excluding carboxylic acids is 1. The van der Waals surface area contributed by atoms with E-state index in [0.29, 0.717) is 17.0 Å². The Balaban J connectivity index is 1.82. The molecule has 1 N–H and O–H groups in total. The van der Waals surface area contributed by atoms with Gasteiger partial charge in [0, 0.05) is 24.0 Å². The second-order valence-corrected chi connectivity index (χ2v) is 5.79. The van der Waals surface area contributed by atoms with E-state index in [1.54, 1.807) is 13.1 Å². The van der Waals surface area contributed by atoms with Gasteiger partial charge in [-0.2, -0.15) is 10.1 Å². The molecule has 0 bridgehead atoms. The Morgan fingerprint density at radius 1 is 1.19 bits per heavy atom. The van der Waals surface area contributed by atoms with Crippen LogP contribution in [0, 0.1) is 10.1 Å². The van der Waals surface area contributed by atoms with Crippen LogP contribution in [0.15, 0.2) is 65.4 Å². The van der Waals surface area contributed by atoms with Gasteiger partial charge in [-0.25, -0.2) is 0 Å². The maximum absolute atomic E-state index is 12.7. The molecule has 1 aliphatic rings. The molecule has 1 aliphatic heterocycles. The number of anilines is 2. The summed E-state index contributed by atoms with van der Waals surface area (Å²) in [5.41, 5.74) is 3.57. The molecule has 7 heteroatoms. The van der Waals surface area contributed by atoms with Gasteiger partial charge in [-0.15, -0.1) is 0 Å². The third-order valence-corrected chi connectivity index (χ3v) is 4.14. The molecule has 0 saturated heterocycles. The van der Waals surface area contributed by atoms with Crippen LogP contribution < -0.4 is 10.3 Å². The minimum Gasteiger partial charge on any atom is -0.361 e. The van der Waals surface area contributed by atoms with Crippen LogP contribution in [0.25, 0.3) is 0 Å². The number of hydrogen-bond donors (Lipinski definition) is 1. The number of carbonyl (C=O) groups is 1. The fraction of sp³-hybridized carbons (Fsp3) is 0.158. The number of aryl methyl sites for hydroxylation is 1. The van der Waals surface area contributed by atoms with Gasteiger partial charge in [-0.3, -0.25) is 14.9 Å². The van der Waals surface area contributed by atoms with Crippen molar-refractivity contribution in [3.63, 3.8) is 0 Å². The Morgan fingerprint density at radius 3 is 2.54 bits per heavy atom. The van der Waals surface area contributed by atoms with Crippen molar-refractivity contribution in [3.05, 3.63) is 76.0 Å². The molecule has 7 nitrogen and oxygen atoms in total. The predicted molar refractivity (Wildman–Crippen MR) is 101 cm³/mol. The average Bonchev–Trinajstić information content (AvgIpc) is 2.94. The van der Waals surface area contributed by atoms with Crippen LogP contribution in [0.5, 0.6) is 0 Å². The second-order valence-electron chi connectivity index (χ2n) is 5.79. The largest absolute Gasteiger partial charge is 0.361 e. The molecule has 0 atom stereocenters. The summed E-state index contributed by atoms with van der Waals surface area (Å²) in [4.78, 5) is 23.0. The molecule has 0 spiro atoms. The van der Waals surface area contributed by atoms with Gasteiger partial charge in [0.15, 0.2) is 0 Å². The number of nitrogens with zero attached hydrogens (tertiary/aromatic N) is 3. The first kappa shape index (κ1) is 17.3. The number of nitro groups is 1. The zero-order valence-corrected chi connectivity index (χ0v) is 14.5. The van der Waals surface area contributed by atoms with E-state index in [1.165, 1.54) is 29.3 Å². The molecule has 2 aromatic carbocycles. The summed E-state index contributed by atoms with van der Waals surface area (Å²) in [6, 6.07) is 13.6. The Bertz CT molecular complexity index is 917. The van der Waals surface area contributed by atoms with Crippen LogP contribution >= 0.6 is 0 Å². The van der Waals surface area contributed by atoms with E-state index in [4.69, 9.17) is 0 Å². The van der Waals surface area contributed by atoms with Crippen molar-refractivity contribution in [2.24, 2.45) is 5.10 Å². The van der Waals surface area contributed by atoms with Gasteiger partial charge >= 0.3 is 0 Å². The number of hydrogen-bond acceptors (Lipinski definition) is 5. The van der Waals surface area contributed by atoms with Crippen LogP contribution in [-0.4, -0.2) is 16.5 Å². The van der Waals surface area contributed by atoms with Gasteiger partial charge in [-0.1, -0.05) is 25.1 Å². The lowest BCUT2D eigenvalue weighted by atomic mass is 10.1. The number of nitro benzene ring substituents is 1. The highest BCUT2D eigenvalue weighted by Gasteiger charge is 2.29. The SMILES string of the molecule is CCc1ccccc1N/C=C1\C(=O)N(c2ccc([N+](=O)[O-])cc2)N=C1C. The van der Waals surface area contributed by atoms with Gasteiger partial charge in [0.05, 0.1) is 21.9 Å². The van der Waals surface area contributed by atoms with Crippen LogP contribution in [0.4, 0.5) is 17.1 Å². The van der Waals surface area contributed by atoms with Crippen molar-refractivity contribution in [3.8, 4) is 0 Å². The number of non-ortho nitro benzene ring substituents is 1. The maximum atomic E-state index is 12.7. The van der Waals surface area contributed by atoms with Crippen LogP contribution in [0.1, 0.15) is 19.4 Å². The van der Waals surface area contributed by atoms with E-state index >= 15 is 0 Å². The van der Waals surface area contributed by atoms with E-state index in [1.807, 2.05) is 24.3 Å². The molecular formula is C19H18N4O3. The molecule has 1 heterocycles. The predicted octanol–water partition coefficient (Wildman–Crippen LogP) is 3.88. The number of rotatable bonds is 5. The Labute approximate surface area is 150 Å². The normalized spacial score (nSPS) is 15.3. The number of amides is 1. The van der Waals surface area contributed by atoms with E-state index < -0.39 is 4.92 Å². The molecule has 0 aromatic heterocycles. The quantitative estimate of drug-likeness (QED) is 0.503. The summed E-state index contributed by atoms with van der Waals surface area (Å²) in [6.45, 7) is 3.82. The van der Waals surface area contributed by atoms with Crippen molar-refractivity contribution in [2.45, 2.75) is 20.3 Å². The Kier molecular flexibility index (Phi) is 4.79. The molecule has 0 radical (unpaired) electrons. The van der Waals surface area contributed by atoms with Gasteiger partial charge in [0.2, 0.25) is 0 Å². The molecule has 0 saturated carbocycles. The first-order chi connectivity index (χ1) is 12.5. The van der Waals surface area contributed by atoms with E-state index in [-0.39, 0.29) is 11.6 Å². The molecule has 1 amide bonds. The fourth-order valence-electron chi connectivity index (χ4n) is 2.69. The summed E-state index contributed by atoms with van der Waals surface area (Å²) in [5, 5.41) is 19.5. The maximum Gasteiger partial charge on any atom is 0.282 e. The summed E-state index contributed by atoms with van der Waals surface area (Å²) in [7, 11) is 0. The highest BCUT2D eigenvalue weighted by atomic mass is 16.6. The zero-order chi connectivity index (χ0) is 18.7. The van der Waals surface area contributed by atoms with E-state index in [2.05, 4.69) is 17.3 Å².